The second kappa shape index (κ2) is 5.62. The molecule has 7 heteroatoms. The lowest BCUT2D eigenvalue weighted by molar-refractivity contribution is -0.384. The smallest absolute Gasteiger partial charge is 0.269 e. The van der Waals surface area contributed by atoms with Crippen molar-refractivity contribution in [2.24, 2.45) is 0 Å². The molecule has 2 aromatic rings. The molecule has 0 spiro atoms. The van der Waals surface area contributed by atoms with Crippen LogP contribution in [0.2, 0.25) is 5.15 Å². The Kier molecular flexibility index (Phi) is 3.91. The first-order valence-corrected chi connectivity index (χ1v) is 5.80. The third-order valence-corrected chi connectivity index (χ3v) is 2.63. The van der Waals surface area contributed by atoms with Crippen LogP contribution in [0.3, 0.4) is 0 Å². The zero-order valence-electron chi connectivity index (χ0n) is 10.0. The van der Waals surface area contributed by atoms with Crippen LogP contribution < -0.4 is 4.74 Å². The number of aromatic nitrogens is 2. The number of halogens is 1. The summed E-state index contributed by atoms with van der Waals surface area (Å²) < 4.78 is 5.53. The molecule has 1 aromatic carbocycles. The van der Waals surface area contributed by atoms with Crippen LogP contribution in [0, 0.1) is 17.0 Å². The van der Waals surface area contributed by atoms with E-state index in [-0.39, 0.29) is 12.3 Å². The van der Waals surface area contributed by atoms with Crippen molar-refractivity contribution in [3.8, 4) is 5.75 Å². The van der Waals surface area contributed by atoms with E-state index in [1.807, 2.05) is 0 Å². The number of hydrogen-bond acceptors (Lipinski definition) is 5. The topological polar surface area (TPSA) is 78.2 Å². The van der Waals surface area contributed by atoms with Gasteiger partial charge in [0.15, 0.2) is 5.15 Å². The fourth-order valence-electron chi connectivity index (χ4n) is 1.48. The van der Waals surface area contributed by atoms with E-state index in [2.05, 4.69) is 10.2 Å². The molecule has 0 saturated carbocycles. The van der Waals surface area contributed by atoms with Gasteiger partial charge >= 0.3 is 0 Å². The van der Waals surface area contributed by atoms with Crippen molar-refractivity contribution in [2.45, 2.75) is 13.5 Å². The maximum absolute atomic E-state index is 10.6. The average molecular weight is 280 g/mol. The van der Waals surface area contributed by atoms with Crippen molar-refractivity contribution in [3.63, 3.8) is 0 Å². The van der Waals surface area contributed by atoms with Crippen molar-refractivity contribution in [1.82, 2.24) is 10.2 Å². The number of nitro benzene ring substituents is 1. The van der Waals surface area contributed by atoms with Crippen molar-refractivity contribution < 1.29 is 9.66 Å². The van der Waals surface area contributed by atoms with Crippen molar-refractivity contribution in [1.29, 1.82) is 0 Å². The summed E-state index contributed by atoms with van der Waals surface area (Å²) in [5.41, 5.74) is 1.36. The first-order valence-electron chi connectivity index (χ1n) is 5.42. The van der Waals surface area contributed by atoms with Crippen LogP contribution in [0.5, 0.6) is 5.75 Å². The average Bonchev–Trinajstić information content (AvgIpc) is 2.39. The summed E-state index contributed by atoms with van der Waals surface area (Å²) in [5, 5.41) is 18.5. The van der Waals surface area contributed by atoms with Gasteiger partial charge in [-0.2, -0.15) is 5.10 Å². The van der Waals surface area contributed by atoms with Gasteiger partial charge in [-0.1, -0.05) is 11.6 Å². The molecular formula is C12H10ClN3O3. The SMILES string of the molecule is Cc1cc([N+](=O)[O-])ccc1OCc1ccc(Cl)nn1. The van der Waals surface area contributed by atoms with Crippen LogP contribution in [0.25, 0.3) is 0 Å². The molecule has 19 heavy (non-hydrogen) atoms. The minimum absolute atomic E-state index is 0.0381. The fraction of sp³-hybridized carbons (Fsp3) is 0.167. The highest BCUT2D eigenvalue weighted by molar-refractivity contribution is 6.29. The molecule has 98 valence electrons. The summed E-state index contributed by atoms with van der Waals surface area (Å²) >= 11 is 5.62. The van der Waals surface area contributed by atoms with Gasteiger partial charge in [0.1, 0.15) is 18.1 Å². The Hall–Kier alpha value is -2.21. The summed E-state index contributed by atoms with van der Waals surface area (Å²) in [6.45, 7) is 1.97. The van der Waals surface area contributed by atoms with Crippen LogP contribution >= 0.6 is 11.6 Å². The number of nitro groups is 1. The van der Waals surface area contributed by atoms with Gasteiger partial charge in [-0.25, -0.2) is 0 Å². The molecule has 0 bridgehead atoms. The first-order chi connectivity index (χ1) is 9.06. The predicted octanol–water partition coefficient (Wildman–Crippen LogP) is 2.93. The Bertz CT molecular complexity index is 602. The van der Waals surface area contributed by atoms with Crippen molar-refractivity contribution >= 4 is 17.3 Å². The summed E-state index contributed by atoms with van der Waals surface area (Å²) in [4.78, 5) is 10.2. The summed E-state index contributed by atoms with van der Waals surface area (Å²) in [6.07, 6.45) is 0. The van der Waals surface area contributed by atoms with Crippen LogP contribution in [0.15, 0.2) is 30.3 Å². The van der Waals surface area contributed by atoms with E-state index in [4.69, 9.17) is 16.3 Å². The van der Waals surface area contributed by atoms with Gasteiger partial charge in [-0.05, 0) is 30.7 Å². The summed E-state index contributed by atoms with van der Waals surface area (Å²) in [5.74, 6) is 0.572. The van der Waals surface area contributed by atoms with Crippen LogP contribution in [-0.4, -0.2) is 15.1 Å². The molecule has 0 N–H and O–H groups in total. The third-order valence-electron chi connectivity index (χ3n) is 2.43. The van der Waals surface area contributed by atoms with Crippen LogP contribution in [0.4, 0.5) is 5.69 Å². The quantitative estimate of drug-likeness (QED) is 0.635. The Morgan fingerprint density at radius 2 is 2.11 bits per heavy atom. The predicted molar refractivity (Wildman–Crippen MR) is 69.2 cm³/mol. The van der Waals surface area contributed by atoms with Gasteiger partial charge in [-0.3, -0.25) is 10.1 Å². The number of rotatable bonds is 4. The summed E-state index contributed by atoms with van der Waals surface area (Å²) in [7, 11) is 0. The molecule has 0 saturated heterocycles. The molecule has 2 rings (SSSR count). The molecule has 0 unspecified atom stereocenters. The number of non-ortho nitro benzene ring substituents is 1. The number of nitrogens with zero attached hydrogens (tertiary/aromatic N) is 3. The van der Waals surface area contributed by atoms with Crippen LogP contribution in [0.1, 0.15) is 11.3 Å². The Labute approximate surface area is 114 Å². The van der Waals surface area contributed by atoms with Crippen molar-refractivity contribution in [2.75, 3.05) is 0 Å². The maximum Gasteiger partial charge on any atom is 0.269 e. The van der Waals surface area contributed by atoms with Gasteiger partial charge < -0.3 is 4.74 Å². The van der Waals surface area contributed by atoms with E-state index in [0.29, 0.717) is 22.2 Å². The first kappa shape index (κ1) is 13.2. The van der Waals surface area contributed by atoms with Gasteiger partial charge in [0, 0.05) is 12.1 Å². The van der Waals surface area contributed by atoms with E-state index >= 15 is 0 Å². The highest BCUT2D eigenvalue weighted by Gasteiger charge is 2.09. The molecule has 1 aromatic heterocycles. The lowest BCUT2D eigenvalue weighted by Gasteiger charge is -2.08. The van der Waals surface area contributed by atoms with Gasteiger partial charge in [0.25, 0.3) is 5.69 Å². The second-order valence-corrected chi connectivity index (χ2v) is 4.23. The molecule has 0 aliphatic heterocycles. The summed E-state index contributed by atoms with van der Waals surface area (Å²) in [6, 6.07) is 7.75. The fourth-order valence-corrected chi connectivity index (χ4v) is 1.58. The highest BCUT2D eigenvalue weighted by Crippen LogP contribution is 2.23. The molecule has 0 atom stereocenters. The van der Waals surface area contributed by atoms with Gasteiger partial charge in [0.05, 0.1) is 4.92 Å². The van der Waals surface area contributed by atoms with E-state index in [1.165, 1.54) is 12.1 Å². The Balaban J connectivity index is 2.07. The second-order valence-electron chi connectivity index (χ2n) is 3.84. The number of aryl methyl sites for hydroxylation is 1. The number of benzene rings is 1. The molecule has 0 aliphatic carbocycles. The minimum atomic E-state index is -0.443. The Morgan fingerprint density at radius 3 is 2.68 bits per heavy atom. The molecule has 0 aliphatic rings. The minimum Gasteiger partial charge on any atom is -0.487 e. The van der Waals surface area contributed by atoms with E-state index in [1.54, 1.807) is 25.1 Å². The lowest BCUT2D eigenvalue weighted by atomic mass is 10.2. The zero-order chi connectivity index (χ0) is 13.8. The molecule has 0 amide bonds. The maximum atomic E-state index is 10.6. The molecule has 1 heterocycles. The standard InChI is InChI=1S/C12H10ClN3O3/c1-8-6-10(16(17)18)3-4-11(8)19-7-9-2-5-12(13)15-14-9/h2-6H,7H2,1H3. The highest BCUT2D eigenvalue weighted by atomic mass is 35.5. The largest absolute Gasteiger partial charge is 0.487 e. The number of hydrogen-bond donors (Lipinski definition) is 0. The molecular weight excluding hydrogens is 270 g/mol. The van der Waals surface area contributed by atoms with Crippen LogP contribution in [-0.2, 0) is 6.61 Å². The molecule has 0 fully saturated rings. The van der Waals surface area contributed by atoms with E-state index in [9.17, 15) is 10.1 Å². The molecule has 0 radical (unpaired) electrons. The lowest BCUT2D eigenvalue weighted by Crippen LogP contribution is -2.01. The van der Waals surface area contributed by atoms with Crippen molar-refractivity contribution in [3.05, 3.63) is 56.9 Å². The number of ether oxygens (including phenoxy) is 1. The van der Waals surface area contributed by atoms with Gasteiger partial charge in [0.2, 0.25) is 0 Å². The third kappa shape index (κ3) is 3.38. The Morgan fingerprint density at radius 1 is 1.32 bits per heavy atom. The van der Waals surface area contributed by atoms with E-state index in [0.717, 1.165) is 0 Å². The van der Waals surface area contributed by atoms with E-state index < -0.39 is 4.92 Å². The normalized spacial score (nSPS) is 10.2. The zero-order valence-corrected chi connectivity index (χ0v) is 10.8. The van der Waals surface area contributed by atoms with Gasteiger partial charge in [-0.15, -0.1) is 5.10 Å². The molecule has 6 nitrogen and oxygen atoms in total. The monoisotopic (exact) mass is 279 g/mol.